The monoisotopic (exact) mass is 341 g/mol. The van der Waals surface area contributed by atoms with Crippen molar-refractivity contribution in [2.75, 3.05) is 18.5 Å². The molecule has 0 aromatic heterocycles. The molecule has 0 aliphatic carbocycles. The molecule has 0 radical (unpaired) electrons. The molecule has 6 nitrogen and oxygen atoms in total. The first-order valence-electron chi connectivity index (χ1n) is 8.17. The highest BCUT2D eigenvalue weighted by Crippen LogP contribution is 2.15. The van der Waals surface area contributed by atoms with Crippen molar-refractivity contribution in [2.24, 2.45) is 5.73 Å². The third-order valence-corrected chi connectivity index (χ3v) is 3.66. The molecule has 4 N–H and O–H groups in total. The first-order chi connectivity index (χ1) is 12.1. The largest absolute Gasteiger partial charge is 0.374 e. The van der Waals surface area contributed by atoms with Crippen molar-refractivity contribution in [1.29, 1.82) is 0 Å². The number of benzene rings is 2. The average Bonchev–Trinajstić information content (AvgIpc) is 2.62. The quantitative estimate of drug-likeness (QED) is 0.644. The van der Waals surface area contributed by atoms with Crippen molar-refractivity contribution < 1.29 is 14.3 Å². The van der Waals surface area contributed by atoms with Gasteiger partial charge in [0, 0.05) is 24.4 Å². The SMILES string of the molecule is CC(OCCCNC(=O)c1ccc(NC(N)=O)cc1)c1ccccc1. The van der Waals surface area contributed by atoms with Crippen molar-refractivity contribution in [3.63, 3.8) is 0 Å². The standard InChI is InChI=1S/C19H23N3O3/c1-14(15-6-3-2-4-7-15)25-13-5-12-21-18(23)16-8-10-17(11-9-16)22-19(20)24/h2-4,6-11,14H,5,12-13H2,1H3,(H,21,23)(H3,20,22,24). The second kappa shape index (κ2) is 9.44. The molecule has 2 rings (SSSR count). The van der Waals surface area contributed by atoms with E-state index in [1.54, 1.807) is 24.3 Å². The van der Waals surface area contributed by atoms with E-state index in [4.69, 9.17) is 10.5 Å². The number of ether oxygens (including phenoxy) is 1. The van der Waals surface area contributed by atoms with Crippen LogP contribution in [0.2, 0.25) is 0 Å². The van der Waals surface area contributed by atoms with E-state index in [1.165, 1.54) is 0 Å². The maximum Gasteiger partial charge on any atom is 0.316 e. The van der Waals surface area contributed by atoms with Crippen LogP contribution >= 0.6 is 0 Å². The molecule has 3 amide bonds. The summed E-state index contributed by atoms with van der Waals surface area (Å²) in [6, 6.07) is 15.9. The van der Waals surface area contributed by atoms with E-state index < -0.39 is 6.03 Å². The van der Waals surface area contributed by atoms with Crippen LogP contribution in [0.4, 0.5) is 10.5 Å². The number of hydrogen-bond donors (Lipinski definition) is 3. The Labute approximate surface area is 147 Å². The molecule has 0 aliphatic heterocycles. The van der Waals surface area contributed by atoms with Gasteiger partial charge in [-0.25, -0.2) is 4.79 Å². The van der Waals surface area contributed by atoms with Crippen LogP contribution in [0, 0.1) is 0 Å². The molecule has 0 fully saturated rings. The van der Waals surface area contributed by atoms with Crippen LogP contribution in [0.5, 0.6) is 0 Å². The van der Waals surface area contributed by atoms with Crippen LogP contribution in [0.1, 0.15) is 35.4 Å². The van der Waals surface area contributed by atoms with Gasteiger partial charge in [0.05, 0.1) is 6.10 Å². The maximum absolute atomic E-state index is 12.0. The van der Waals surface area contributed by atoms with Gasteiger partial charge in [-0.1, -0.05) is 30.3 Å². The van der Waals surface area contributed by atoms with Gasteiger partial charge in [0.15, 0.2) is 0 Å². The number of anilines is 1. The van der Waals surface area contributed by atoms with Crippen LogP contribution in [0.25, 0.3) is 0 Å². The molecule has 1 unspecified atom stereocenters. The summed E-state index contributed by atoms with van der Waals surface area (Å²) < 4.78 is 5.76. The van der Waals surface area contributed by atoms with E-state index >= 15 is 0 Å². The van der Waals surface area contributed by atoms with Crippen LogP contribution in [-0.2, 0) is 4.74 Å². The maximum atomic E-state index is 12.0. The molecule has 0 spiro atoms. The van der Waals surface area contributed by atoms with Crippen molar-refractivity contribution in [3.8, 4) is 0 Å². The second-order valence-electron chi connectivity index (χ2n) is 5.60. The van der Waals surface area contributed by atoms with E-state index in [1.807, 2.05) is 37.3 Å². The van der Waals surface area contributed by atoms with Crippen LogP contribution in [0.15, 0.2) is 54.6 Å². The summed E-state index contributed by atoms with van der Waals surface area (Å²) in [4.78, 5) is 22.8. The molecule has 0 aliphatic rings. The van der Waals surface area contributed by atoms with Crippen LogP contribution in [-0.4, -0.2) is 25.1 Å². The fourth-order valence-electron chi connectivity index (χ4n) is 2.30. The highest BCUT2D eigenvalue weighted by atomic mass is 16.5. The number of amides is 3. The zero-order valence-corrected chi connectivity index (χ0v) is 14.2. The molecule has 0 saturated carbocycles. The number of carbonyl (C=O) groups excluding carboxylic acids is 2. The Bertz CT molecular complexity index is 687. The Kier molecular flexibility index (Phi) is 6.98. The topological polar surface area (TPSA) is 93.4 Å². The molecule has 6 heteroatoms. The average molecular weight is 341 g/mol. The zero-order valence-electron chi connectivity index (χ0n) is 14.2. The minimum Gasteiger partial charge on any atom is -0.374 e. The van der Waals surface area contributed by atoms with Crippen molar-refractivity contribution in [3.05, 3.63) is 65.7 Å². The minimum atomic E-state index is -0.637. The van der Waals surface area contributed by atoms with Gasteiger partial charge in [0.1, 0.15) is 0 Å². The number of rotatable bonds is 8. The summed E-state index contributed by atoms with van der Waals surface area (Å²) in [7, 11) is 0. The Morgan fingerprint density at radius 1 is 1.08 bits per heavy atom. The van der Waals surface area contributed by atoms with Crippen molar-refractivity contribution in [2.45, 2.75) is 19.4 Å². The third-order valence-electron chi connectivity index (χ3n) is 3.66. The predicted octanol–water partition coefficient (Wildman–Crippen LogP) is 3.07. The van der Waals surface area contributed by atoms with Gasteiger partial charge in [-0.15, -0.1) is 0 Å². The number of carbonyl (C=O) groups is 2. The van der Waals surface area contributed by atoms with Gasteiger partial charge in [-0.3, -0.25) is 4.79 Å². The number of primary amides is 1. The lowest BCUT2D eigenvalue weighted by molar-refractivity contribution is 0.0635. The highest BCUT2D eigenvalue weighted by Gasteiger charge is 2.07. The van der Waals surface area contributed by atoms with E-state index in [-0.39, 0.29) is 12.0 Å². The second-order valence-corrected chi connectivity index (χ2v) is 5.60. The first kappa shape index (κ1) is 18.5. The Morgan fingerprint density at radius 2 is 1.76 bits per heavy atom. The molecule has 0 saturated heterocycles. The summed E-state index contributed by atoms with van der Waals surface area (Å²) in [5, 5.41) is 5.29. The fourth-order valence-corrected chi connectivity index (χ4v) is 2.30. The molecule has 25 heavy (non-hydrogen) atoms. The molecule has 1 atom stereocenters. The Morgan fingerprint density at radius 3 is 2.40 bits per heavy atom. The number of hydrogen-bond acceptors (Lipinski definition) is 3. The molecule has 0 heterocycles. The summed E-state index contributed by atoms with van der Waals surface area (Å²) in [6.45, 7) is 3.11. The van der Waals surface area contributed by atoms with Gasteiger partial charge in [-0.2, -0.15) is 0 Å². The molecule has 0 bridgehead atoms. The predicted molar refractivity (Wildman–Crippen MR) is 97.4 cm³/mol. The van der Waals surface area contributed by atoms with Gasteiger partial charge >= 0.3 is 6.03 Å². The lowest BCUT2D eigenvalue weighted by Crippen LogP contribution is -2.25. The van der Waals surface area contributed by atoms with Crippen LogP contribution in [0.3, 0.4) is 0 Å². The normalized spacial score (nSPS) is 11.6. The molecular formula is C19H23N3O3. The van der Waals surface area contributed by atoms with Gasteiger partial charge in [0.2, 0.25) is 0 Å². The van der Waals surface area contributed by atoms with Gasteiger partial charge in [0.25, 0.3) is 5.91 Å². The third kappa shape index (κ3) is 6.27. The minimum absolute atomic E-state index is 0.0298. The number of urea groups is 1. The van der Waals surface area contributed by atoms with E-state index in [0.717, 1.165) is 12.0 Å². The zero-order chi connectivity index (χ0) is 18.1. The smallest absolute Gasteiger partial charge is 0.316 e. The number of nitrogens with two attached hydrogens (primary N) is 1. The van der Waals surface area contributed by atoms with Crippen LogP contribution < -0.4 is 16.4 Å². The highest BCUT2D eigenvalue weighted by molar-refractivity contribution is 5.95. The molecule has 2 aromatic carbocycles. The summed E-state index contributed by atoms with van der Waals surface area (Å²) in [5.41, 5.74) is 7.24. The lowest BCUT2D eigenvalue weighted by atomic mass is 10.1. The van der Waals surface area contributed by atoms with Gasteiger partial charge in [-0.05, 0) is 43.2 Å². The first-order valence-corrected chi connectivity index (χ1v) is 8.17. The summed E-state index contributed by atoms with van der Waals surface area (Å²) in [6.07, 6.45) is 0.756. The summed E-state index contributed by atoms with van der Waals surface area (Å²) in [5.74, 6) is -0.165. The summed E-state index contributed by atoms with van der Waals surface area (Å²) >= 11 is 0. The van der Waals surface area contributed by atoms with Crippen molar-refractivity contribution in [1.82, 2.24) is 5.32 Å². The van der Waals surface area contributed by atoms with E-state index in [0.29, 0.717) is 24.4 Å². The van der Waals surface area contributed by atoms with E-state index in [9.17, 15) is 9.59 Å². The van der Waals surface area contributed by atoms with Gasteiger partial charge < -0.3 is 21.1 Å². The lowest BCUT2D eigenvalue weighted by Gasteiger charge is -2.13. The molecular weight excluding hydrogens is 318 g/mol. The fraction of sp³-hybridized carbons (Fsp3) is 0.263. The van der Waals surface area contributed by atoms with Crippen molar-refractivity contribution >= 4 is 17.6 Å². The van der Waals surface area contributed by atoms with E-state index in [2.05, 4.69) is 10.6 Å². The molecule has 2 aromatic rings. The number of nitrogens with one attached hydrogen (secondary N) is 2. The molecule has 132 valence electrons. The Balaban J connectivity index is 1.67. The Hall–Kier alpha value is -2.86.